The molecule has 80 valence electrons. The van der Waals surface area contributed by atoms with Gasteiger partial charge in [0.05, 0.1) is 0 Å². The summed E-state index contributed by atoms with van der Waals surface area (Å²) in [4.78, 5) is 22.0. The van der Waals surface area contributed by atoms with Crippen LogP contribution in [0.3, 0.4) is 0 Å². The molecule has 0 amide bonds. The van der Waals surface area contributed by atoms with Crippen molar-refractivity contribution in [2.45, 2.75) is 26.2 Å². The highest BCUT2D eigenvalue weighted by Crippen LogP contribution is 2.21. The molecule has 0 bridgehead atoms. The molecule has 0 fully saturated rings. The van der Waals surface area contributed by atoms with E-state index in [2.05, 4.69) is 0 Å². The number of carbonyl (C=O) groups excluding carboxylic acids is 2. The summed E-state index contributed by atoms with van der Waals surface area (Å²) in [5.74, 6) is -0.646. The molecular formula is C12H13ClO2. The van der Waals surface area contributed by atoms with E-state index in [0.717, 1.165) is 5.56 Å². The molecule has 1 unspecified atom stereocenters. The van der Waals surface area contributed by atoms with Crippen molar-refractivity contribution < 1.29 is 9.59 Å². The van der Waals surface area contributed by atoms with Gasteiger partial charge >= 0.3 is 0 Å². The summed E-state index contributed by atoms with van der Waals surface area (Å²) in [5.41, 5.74) is 1.02. The van der Waals surface area contributed by atoms with E-state index in [1.54, 1.807) is 12.1 Å². The van der Waals surface area contributed by atoms with E-state index >= 15 is 0 Å². The van der Waals surface area contributed by atoms with E-state index < -0.39 is 0 Å². The van der Waals surface area contributed by atoms with Crippen molar-refractivity contribution in [1.82, 2.24) is 0 Å². The SMILES string of the molecule is CC(=O)C(=O)CC(C)c1ccc(Cl)cc1. The van der Waals surface area contributed by atoms with Gasteiger partial charge in [0.15, 0.2) is 11.6 Å². The Labute approximate surface area is 94.2 Å². The third-order valence-corrected chi connectivity index (χ3v) is 2.58. The fourth-order valence-electron chi connectivity index (χ4n) is 1.33. The van der Waals surface area contributed by atoms with Crippen molar-refractivity contribution in [3.8, 4) is 0 Å². The van der Waals surface area contributed by atoms with Gasteiger partial charge in [0.1, 0.15) is 0 Å². The summed E-state index contributed by atoms with van der Waals surface area (Å²) in [6.45, 7) is 3.22. The average Bonchev–Trinajstić information content (AvgIpc) is 2.18. The molecule has 3 heteroatoms. The van der Waals surface area contributed by atoms with Crippen molar-refractivity contribution in [3.63, 3.8) is 0 Å². The smallest absolute Gasteiger partial charge is 0.198 e. The zero-order chi connectivity index (χ0) is 11.4. The Balaban J connectivity index is 2.69. The Hall–Kier alpha value is -1.15. The minimum atomic E-state index is -0.379. The van der Waals surface area contributed by atoms with Crippen molar-refractivity contribution >= 4 is 23.2 Å². The summed E-state index contributed by atoms with van der Waals surface area (Å²) in [7, 11) is 0. The molecule has 2 nitrogen and oxygen atoms in total. The van der Waals surface area contributed by atoms with Crippen LogP contribution in [0.25, 0.3) is 0 Å². The zero-order valence-corrected chi connectivity index (χ0v) is 9.54. The minimum Gasteiger partial charge on any atom is -0.291 e. The van der Waals surface area contributed by atoms with Crippen LogP contribution >= 0.6 is 11.6 Å². The third kappa shape index (κ3) is 3.48. The van der Waals surface area contributed by atoms with Crippen LogP contribution < -0.4 is 0 Å². The first-order valence-electron chi connectivity index (χ1n) is 4.80. The molecule has 0 saturated heterocycles. The second-order valence-corrected chi connectivity index (χ2v) is 4.07. The molecule has 15 heavy (non-hydrogen) atoms. The first-order chi connectivity index (χ1) is 7.00. The second-order valence-electron chi connectivity index (χ2n) is 3.64. The van der Waals surface area contributed by atoms with Crippen LogP contribution in [-0.2, 0) is 9.59 Å². The number of carbonyl (C=O) groups is 2. The van der Waals surface area contributed by atoms with E-state index in [1.165, 1.54) is 6.92 Å². The lowest BCUT2D eigenvalue weighted by Gasteiger charge is -2.09. The quantitative estimate of drug-likeness (QED) is 0.737. The Morgan fingerprint density at radius 1 is 1.27 bits per heavy atom. The summed E-state index contributed by atoms with van der Waals surface area (Å²) in [6.07, 6.45) is 0.261. The molecule has 0 N–H and O–H groups in total. The van der Waals surface area contributed by atoms with Gasteiger partial charge in [0.25, 0.3) is 0 Å². The Morgan fingerprint density at radius 2 is 1.80 bits per heavy atom. The average molecular weight is 225 g/mol. The van der Waals surface area contributed by atoms with Crippen molar-refractivity contribution in [1.29, 1.82) is 0 Å². The van der Waals surface area contributed by atoms with Gasteiger partial charge < -0.3 is 0 Å². The summed E-state index contributed by atoms with van der Waals surface area (Å²) >= 11 is 5.75. The van der Waals surface area contributed by atoms with Crippen molar-refractivity contribution in [2.75, 3.05) is 0 Å². The number of rotatable bonds is 4. The van der Waals surface area contributed by atoms with E-state index in [1.807, 2.05) is 19.1 Å². The molecule has 1 atom stereocenters. The van der Waals surface area contributed by atoms with E-state index in [0.29, 0.717) is 5.02 Å². The van der Waals surface area contributed by atoms with Gasteiger partial charge in [-0.05, 0) is 23.6 Å². The number of hydrogen-bond donors (Lipinski definition) is 0. The van der Waals surface area contributed by atoms with Crippen LogP contribution in [0, 0.1) is 0 Å². The van der Waals surface area contributed by atoms with Gasteiger partial charge in [0, 0.05) is 18.4 Å². The molecule has 1 aromatic rings. The highest BCUT2D eigenvalue weighted by molar-refractivity contribution is 6.36. The lowest BCUT2D eigenvalue weighted by molar-refractivity contribution is -0.135. The molecular weight excluding hydrogens is 212 g/mol. The summed E-state index contributed by atoms with van der Waals surface area (Å²) < 4.78 is 0. The molecule has 0 radical (unpaired) electrons. The van der Waals surface area contributed by atoms with Crippen molar-refractivity contribution in [3.05, 3.63) is 34.9 Å². The minimum absolute atomic E-state index is 0.0543. The lowest BCUT2D eigenvalue weighted by atomic mass is 9.95. The van der Waals surface area contributed by atoms with E-state index in [4.69, 9.17) is 11.6 Å². The van der Waals surface area contributed by atoms with Crippen molar-refractivity contribution in [2.24, 2.45) is 0 Å². The normalized spacial score (nSPS) is 12.2. The van der Waals surface area contributed by atoms with Crippen LogP contribution in [-0.4, -0.2) is 11.6 Å². The molecule has 1 aromatic carbocycles. The number of Topliss-reactive ketones (excluding diaryl/α,β-unsaturated/α-hetero) is 2. The monoisotopic (exact) mass is 224 g/mol. The van der Waals surface area contributed by atoms with E-state index in [9.17, 15) is 9.59 Å². The maximum Gasteiger partial charge on any atom is 0.198 e. The van der Waals surface area contributed by atoms with Gasteiger partial charge in [-0.25, -0.2) is 0 Å². The number of benzene rings is 1. The first kappa shape index (κ1) is 11.9. The number of ketones is 2. The van der Waals surface area contributed by atoms with Crippen LogP contribution in [0.5, 0.6) is 0 Å². The summed E-state index contributed by atoms with van der Waals surface area (Å²) in [6, 6.07) is 7.32. The second kappa shape index (κ2) is 5.08. The number of halogens is 1. The molecule has 0 aliphatic rings. The fraction of sp³-hybridized carbons (Fsp3) is 0.333. The predicted molar refractivity (Wildman–Crippen MR) is 60.2 cm³/mol. The zero-order valence-electron chi connectivity index (χ0n) is 8.79. The largest absolute Gasteiger partial charge is 0.291 e. The van der Waals surface area contributed by atoms with Gasteiger partial charge in [-0.2, -0.15) is 0 Å². The maximum absolute atomic E-state index is 11.2. The van der Waals surface area contributed by atoms with Crippen LogP contribution in [0.2, 0.25) is 5.02 Å². The Kier molecular flexibility index (Phi) is 4.04. The number of hydrogen-bond acceptors (Lipinski definition) is 2. The standard InChI is InChI=1S/C12H13ClO2/c1-8(7-12(15)9(2)14)10-3-5-11(13)6-4-10/h3-6,8H,7H2,1-2H3. The highest BCUT2D eigenvalue weighted by atomic mass is 35.5. The van der Waals surface area contributed by atoms with Crippen LogP contribution in [0.1, 0.15) is 31.7 Å². The van der Waals surface area contributed by atoms with Gasteiger partial charge in [-0.1, -0.05) is 30.7 Å². The predicted octanol–water partition coefficient (Wildman–Crippen LogP) is 2.99. The van der Waals surface area contributed by atoms with Crippen LogP contribution in [0.4, 0.5) is 0 Å². The topological polar surface area (TPSA) is 34.1 Å². The van der Waals surface area contributed by atoms with E-state index in [-0.39, 0.29) is 23.9 Å². The molecule has 0 spiro atoms. The third-order valence-electron chi connectivity index (χ3n) is 2.32. The first-order valence-corrected chi connectivity index (χ1v) is 5.17. The lowest BCUT2D eigenvalue weighted by Crippen LogP contribution is -2.12. The molecule has 1 rings (SSSR count). The van der Waals surface area contributed by atoms with Gasteiger partial charge in [-0.3, -0.25) is 9.59 Å². The molecule has 0 aromatic heterocycles. The van der Waals surface area contributed by atoms with Gasteiger partial charge in [-0.15, -0.1) is 0 Å². The summed E-state index contributed by atoms with van der Waals surface area (Å²) in [5, 5.41) is 0.670. The highest BCUT2D eigenvalue weighted by Gasteiger charge is 2.14. The fourth-order valence-corrected chi connectivity index (χ4v) is 1.46. The molecule has 0 aliphatic carbocycles. The van der Waals surface area contributed by atoms with Gasteiger partial charge in [0.2, 0.25) is 0 Å². The van der Waals surface area contributed by atoms with Crippen LogP contribution in [0.15, 0.2) is 24.3 Å². The maximum atomic E-state index is 11.2. The molecule has 0 aliphatic heterocycles. The molecule has 0 saturated carbocycles. The molecule has 0 heterocycles. The Bertz CT molecular complexity index is 368. The Morgan fingerprint density at radius 3 is 2.27 bits per heavy atom.